The second-order valence-electron chi connectivity index (χ2n) is 8.17. The van der Waals surface area contributed by atoms with E-state index < -0.39 is 17.9 Å². The summed E-state index contributed by atoms with van der Waals surface area (Å²) in [5.41, 5.74) is 2.73. The average molecular weight is 490 g/mol. The third-order valence-corrected chi connectivity index (χ3v) is 6.64. The van der Waals surface area contributed by atoms with Gasteiger partial charge in [-0.3, -0.25) is 9.59 Å². The zero-order valence-electron chi connectivity index (χ0n) is 19.4. The summed E-state index contributed by atoms with van der Waals surface area (Å²) in [6.45, 7) is 0. The van der Waals surface area contributed by atoms with E-state index in [0.717, 1.165) is 29.3 Å². The number of rotatable bonds is 10. The minimum Gasteiger partial charge on any atom is -0.467 e. The average Bonchev–Trinajstić information content (AvgIpc) is 3.53. The lowest BCUT2D eigenvalue weighted by Crippen LogP contribution is -2.43. The summed E-state index contributed by atoms with van der Waals surface area (Å²) in [7, 11) is 1.30. The van der Waals surface area contributed by atoms with Crippen LogP contribution in [0.3, 0.4) is 0 Å². The van der Waals surface area contributed by atoms with Crippen LogP contribution in [0.2, 0.25) is 0 Å². The molecule has 4 rings (SSSR count). The maximum absolute atomic E-state index is 13.0. The summed E-state index contributed by atoms with van der Waals surface area (Å²) >= 11 is 1.68. The number of H-pyrrole nitrogens is 1. The van der Waals surface area contributed by atoms with Crippen LogP contribution in [0.25, 0.3) is 10.9 Å². The number of thiophene rings is 1. The first-order valence-corrected chi connectivity index (χ1v) is 12.3. The van der Waals surface area contributed by atoms with E-state index in [4.69, 9.17) is 4.74 Å². The van der Waals surface area contributed by atoms with Crippen LogP contribution in [0.5, 0.6) is 0 Å². The number of methoxy groups -OCH3 is 1. The van der Waals surface area contributed by atoms with Gasteiger partial charge in [0.25, 0.3) is 5.91 Å². The molecule has 0 radical (unpaired) electrons. The molecule has 2 aromatic carbocycles. The van der Waals surface area contributed by atoms with E-state index in [1.807, 2.05) is 41.9 Å². The Labute approximate surface area is 207 Å². The van der Waals surface area contributed by atoms with Gasteiger partial charge in [0.05, 0.1) is 7.11 Å². The Morgan fingerprint density at radius 3 is 2.71 bits per heavy atom. The number of aryl methyl sites for hydroxylation is 1. The lowest BCUT2D eigenvalue weighted by Gasteiger charge is -2.17. The minimum absolute atomic E-state index is 0.106. The van der Waals surface area contributed by atoms with Gasteiger partial charge in [-0.1, -0.05) is 30.3 Å². The Morgan fingerprint density at radius 2 is 1.91 bits per heavy atom. The second kappa shape index (κ2) is 11.5. The first-order chi connectivity index (χ1) is 17.0. The largest absolute Gasteiger partial charge is 0.467 e. The Morgan fingerprint density at radius 1 is 1.06 bits per heavy atom. The summed E-state index contributed by atoms with van der Waals surface area (Å²) in [4.78, 5) is 42.2. The lowest BCUT2D eigenvalue weighted by atomic mass is 10.0. The lowest BCUT2D eigenvalue weighted by molar-refractivity contribution is -0.142. The highest BCUT2D eigenvalue weighted by molar-refractivity contribution is 7.09. The minimum atomic E-state index is -0.859. The van der Waals surface area contributed by atoms with Crippen molar-refractivity contribution < 1.29 is 19.1 Å². The molecule has 2 heterocycles. The predicted octanol–water partition coefficient (Wildman–Crippen LogP) is 4.70. The quantitative estimate of drug-likeness (QED) is 0.281. The molecule has 180 valence electrons. The van der Waals surface area contributed by atoms with Gasteiger partial charge in [0.2, 0.25) is 5.91 Å². The first-order valence-electron chi connectivity index (χ1n) is 11.4. The van der Waals surface area contributed by atoms with Crippen LogP contribution in [0.4, 0.5) is 5.69 Å². The highest BCUT2D eigenvalue weighted by Gasteiger charge is 2.24. The molecule has 4 aromatic rings. The fourth-order valence-corrected chi connectivity index (χ4v) is 4.69. The maximum Gasteiger partial charge on any atom is 0.328 e. The van der Waals surface area contributed by atoms with Crippen LogP contribution in [-0.2, 0) is 27.2 Å². The van der Waals surface area contributed by atoms with Gasteiger partial charge >= 0.3 is 5.97 Å². The van der Waals surface area contributed by atoms with E-state index >= 15 is 0 Å². The number of hydrogen-bond donors (Lipinski definition) is 3. The van der Waals surface area contributed by atoms with Gasteiger partial charge in [0, 0.05) is 46.1 Å². The van der Waals surface area contributed by atoms with Crippen molar-refractivity contribution in [2.75, 3.05) is 12.4 Å². The van der Waals surface area contributed by atoms with Crippen molar-refractivity contribution in [3.8, 4) is 0 Å². The SMILES string of the molecule is COC(=O)[C@@H](Cc1c[nH]c2ccccc12)NC(=O)c1cccc(NC(=O)CCCc2cccs2)c1. The highest BCUT2D eigenvalue weighted by atomic mass is 32.1. The second-order valence-corrected chi connectivity index (χ2v) is 9.21. The van der Waals surface area contributed by atoms with Crippen LogP contribution in [0, 0.1) is 0 Å². The molecule has 8 heteroatoms. The molecule has 0 unspecified atom stereocenters. The van der Waals surface area contributed by atoms with Crippen LogP contribution in [0.15, 0.2) is 72.2 Å². The van der Waals surface area contributed by atoms with Gasteiger partial charge in [-0.25, -0.2) is 4.79 Å². The molecule has 0 aliphatic rings. The standard InChI is InChI=1S/C27H27N3O4S/c1-34-27(33)24(16-19-17-28-23-12-3-2-11-22(19)23)30-26(32)18-7-4-8-20(15-18)29-25(31)13-5-9-21-10-6-14-35-21/h2-4,6-8,10-12,14-15,17,24,28H,5,9,13,16H2,1H3,(H,29,31)(H,30,32)/t24-/m1/s1. The van der Waals surface area contributed by atoms with Crippen LogP contribution in [-0.4, -0.2) is 35.9 Å². The van der Waals surface area contributed by atoms with Gasteiger partial charge in [0.15, 0.2) is 0 Å². The molecule has 0 saturated heterocycles. The van der Waals surface area contributed by atoms with Gasteiger partial charge in [-0.05, 0) is 54.1 Å². The normalized spacial score (nSPS) is 11.7. The van der Waals surface area contributed by atoms with Gasteiger partial charge in [-0.2, -0.15) is 0 Å². The number of esters is 1. The molecule has 3 N–H and O–H groups in total. The smallest absolute Gasteiger partial charge is 0.328 e. The summed E-state index contributed by atoms with van der Waals surface area (Å²) in [5, 5.41) is 8.64. The van der Waals surface area contributed by atoms with E-state index in [9.17, 15) is 14.4 Å². The van der Waals surface area contributed by atoms with E-state index in [2.05, 4.69) is 21.7 Å². The summed E-state index contributed by atoms with van der Waals surface area (Å²) < 4.78 is 4.93. The van der Waals surface area contributed by atoms with Crippen LogP contribution in [0.1, 0.15) is 33.6 Å². The number of para-hydroxylation sites is 1. The monoisotopic (exact) mass is 489 g/mol. The maximum atomic E-state index is 13.0. The molecule has 0 aliphatic heterocycles. The topological polar surface area (TPSA) is 100 Å². The highest BCUT2D eigenvalue weighted by Crippen LogP contribution is 2.20. The number of amides is 2. The third-order valence-electron chi connectivity index (χ3n) is 5.71. The van der Waals surface area contributed by atoms with Crippen molar-refractivity contribution in [2.45, 2.75) is 31.7 Å². The van der Waals surface area contributed by atoms with Crippen LogP contribution < -0.4 is 10.6 Å². The Balaban J connectivity index is 1.38. The van der Waals surface area contributed by atoms with E-state index in [1.165, 1.54) is 12.0 Å². The number of ether oxygens (including phenoxy) is 1. The molecule has 0 aliphatic carbocycles. The Hall–Kier alpha value is -3.91. The predicted molar refractivity (Wildman–Crippen MR) is 138 cm³/mol. The van der Waals surface area contributed by atoms with Crippen molar-refractivity contribution in [1.82, 2.24) is 10.3 Å². The number of nitrogens with one attached hydrogen (secondary N) is 3. The van der Waals surface area contributed by atoms with Crippen molar-refractivity contribution >= 4 is 45.7 Å². The van der Waals surface area contributed by atoms with Crippen molar-refractivity contribution in [3.05, 3.63) is 88.2 Å². The number of anilines is 1. The molecular weight excluding hydrogens is 462 g/mol. The Bertz CT molecular complexity index is 1310. The number of aromatic nitrogens is 1. The van der Waals surface area contributed by atoms with E-state index in [0.29, 0.717) is 17.7 Å². The number of carbonyl (C=O) groups is 3. The van der Waals surface area contributed by atoms with E-state index in [-0.39, 0.29) is 12.3 Å². The van der Waals surface area contributed by atoms with Crippen molar-refractivity contribution in [3.63, 3.8) is 0 Å². The number of benzene rings is 2. The molecule has 0 spiro atoms. The summed E-state index contributed by atoms with van der Waals surface area (Å²) in [6.07, 6.45) is 4.12. The first kappa shape index (κ1) is 24.2. The molecule has 35 heavy (non-hydrogen) atoms. The van der Waals surface area contributed by atoms with Gasteiger partial charge < -0.3 is 20.4 Å². The fourth-order valence-electron chi connectivity index (χ4n) is 3.94. The summed E-state index contributed by atoms with van der Waals surface area (Å²) in [5.74, 6) is -1.06. The number of hydrogen-bond acceptors (Lipinski definition) is 5. The fraction of sp³-hybridized carbons (Fsp3) is 0.222. The molecule has 1 atom stereocenters. The number of aromatic amines is 1. The molecule has 0 saturated carbocycles. The molecule has 0 bridgehead atoms. The summed E-state index contributed by atoms with van der Waals surface area (Å²) in [6, 6.07) is 17.6. The third kappa shape index (κ3) is 6.36. The molecule has 7 nitrogen and oxygen atoms in total. The van der Waals surface area contributed by atoms with Crippen molar-refractivity contribution in [1.29, 1.82) is 0 Å². The molecule has 2 amide bonds. The van der Waals surface area contributed by atoms with Gasteiger partial charge in [0.1, 0.15) is 6.04 Å². The number of carbonyl (C=O) groups excluding carboxylic acids is 3. The van der Waals surface area contributed by atoms with Crippen molar-refractivity contribution in [2.24, 2.45) is 0 Å². The number of fused-ring (bicyclic) bond motifs is 1. The zero-order chi connectivity index (χ0) is 24.6. The van der Waals surface area contributed by atoms with Gasteiger partial charge in [-0.15, -0.1) is 11.3 Å². The Kier molecular flexibility index (Phi) is 7.95. The molecule has 0 fully saturated rings. The molecule has 2 aromatic heterocycles. The zero-order valence-corrected chi connectivity index (χ0v) is 20.2. The van der Waals surface area contributed by atoms with Crippen LogP contribution >= 0.6 is 11.3 Å². The molecular formula is C27H27N3O4S. The van der Waals surface area contributed by atoms with E-state index in [1.54, 1.807) is 35.6 Å².